The van der Waals surface area contributed by atoms with Gasteiger partial charge in [-0.2, -0.15) is 0 Å². The summed E-state index contributed by atoms with van der Waals surface area (Å²) in [5.74, 6) is 0.856. The molecule has 0 aliphatic carbocycles. The molecule has 0 heterocycles. The molecule has 0 saturated carbocycles. The standard InChI is InChI=1S/C15H22O3/c1-4-6-7-13-8-9-14(18-12(3)16)15(11-13)17-10-5-2/h8-9,11H,4-7,10H2,1-3H3. The molecule has 0 fully saturated rings. The van der Waals surface area contributed by atoms with E-state index in [0.717, 1.165) is 25.7 Å². The smallest absolute Gasteiger partial charge is 0.308 e. The average Bonchev–Trinajstić information content (AvgIpc) is 2.35. The molecule has 18 heavy (non-hydrogen) atoms. The number of esters is 1. The van der Waals surface area contributed by atoms with E-state index in [2.05, 4.69) is 6.92 Å². The minimum atomic E-state index is -0.322. The van der Waals surface area contributed by atoms with E-state index in [1.165, 1.54) is 12.5 Å². The van der Waals surface area contributed by atoms with Crippen molar-refractivity contribution in [1.82, 2.24) is 0 Å². The molecule has 0 aliphatic rings. The molecule has 1 aromatic carbocycles. The van der Waals surface area contributed by atoms with Crippen LogP contribution in [0.25, 0.3) is 0 Å². The molecule has 0 aromatic heterocycles. The van der Waals surface area contributed by atoms with Gasteiger partial charge >= 0.3 is 5.97 Å². The monoisotopic (exact) mass is 250 g/mol. The number of hydrogen-bond acceptors (Lipinski definition) is 3. The zero-order valence-corrected chi connectivity index (χ0v) is 11.5. The molecule has 0 aliphatic heterocycles. The van der Waals surface area contributed by atoms with E-state index in [1.807, 2.05) is 25.1 Å². The maximum Gasteiger partial charge on any atom is 0.308 e. The van der Waals surface area contributed by atoms with Crippen LogP contribution in [0.5, 0.6) is 11.5 Å². The third-order valence-corrected chi connectivity index (χ3v) is 2.54. The van der Waals surface area contributed by atoms with Crippen molar-refractivity contribution in [2.24, 2.45) is 0 Å². The lowest BCUT2D eigenvalue weighted by Crippen LogP contribution is -2.05. The average molecular weight is 250 g/mol. The maximum absolute atomic E-state index is 11.0. The van der Waals surface area contributed by atoms with Gasteiger partial charge < -0.3 is 9.47 Å². The molecule has 1 rings (SSSR count). The van der Waals surface area contributed by atoms with Gasteiger partial charge in [-0.15, -0.1) is 0 Å². The largest absolute Gasteiger partial charge is 0.490 e. The van der Waals surface area contributed by atoms with Crippen LogP contribution in [0, 0.1) is 0 Å². The summed E-state index contributed by atoms with van der Waals surface area (Å²) in [5, 5.41) is 0. The number of hydrogen-bond donors (Lipinski definition) is 0. The van der Waals surface area contributed by atoms with Gasteiger partial charge in [0.2, 0.25) is 0 Å². The van der Waals surface area contributed by atoms with Crippen LogP contribution in [0.2, 0.25) is 0 Å². The Labute approximate surface area is 109 Å². The van der Waals surface area contributed by atoms with Crippen LogP contribution in [0.15, 0.2) is 18.2 Å². The fraction of sp³-hybridized carbons (Fsp3) is 0.533. The molecule has 100 valence electrons. The lowest BCUT2D eigenvalue weighted by Gasteiger charge is -2.12. The third-order valence-electron chi connectivity index (χ3n) is 2.54. The van der Waals surface area contributed by atoms with Crippen molar-refractivity contribution in [3.05, 3.63) is 23.8 Å². The third kappa shape index (κ3) is 4.78. The summed E-state index contributed by atoms with van der Waals surface area (Å²) >= 11 is 0. The highest BCUT2D eigenvalue weighted by atomic mass is 16.6. The molecule has 0 spiro atoms. The molecule has 1 aromatic rings. The molecule has 0 amide bonds. The first-order valence-corrected chi connectivity index (χ1v) is 6.61. The van der Waals surface area contributed by atoms with E-state index in [-0.39, 0.29) is 5.97 Å². The van der Waals surface area contributed by atoms with Crippen LogP contribution >= 0.6 is 0 Å². The molecule has 0 unspecified atom stereocenters. The van der Waals surface area contributed by atoms with Gasteiger partial charge in [-0.1, -0.05) is 26.3 Å². The zero-order valence-electron chi connectivity index (χ0n) is 11.5. The van der Waals surface area contributed by atoms with Crippen molar-refractivity contribution in [2.45, 2.75) is 46.5 Å². The molecule has 0 radical (unpaired) electrons. The van der Waals surface area contributed by atoms with E-state index in [1.54, 1.807) is 0 Å². The zero-order chi connectivity index (χ0) is 13.4. The molecule has 0 atom stereocenters. The summed E-state index contributed by atoms with van der Waals surface area (Å²) in [6, 6.07) is 5.79. The summed E-state index contributed by atoms with van der Waals surface area (Å²) in [4.78, 5) is 11.0. The highest BCUT2D eigenvalue weighted by Gasteiger charge is 2.08. The highest BCUT2D eigenvalue weighted by Crippen LogP contribution is 2.29. The maximum atomic E-state index is 11.0. The van der Waals surface area contributed by atoms with Crippen LogP contribution in [-0.4, -0.2) is 12.6 Å². The predicted molar refractivity (Wildman–Crippen MR) is 72.1 cm³/mol. The Kier molecular flexibility index (Phi) is 6.26. The van der Waals surface area contributed by atoms with Crippen LogP contribution in [-0.2, 0) is 11.2 Å². The van der Waals surface area contributed by atoms with Crippen molar-refractivity contribution >= 4 is 5.97 Å². The SMILES string of the molecule is CCCCc1ccc(OC(C)=O)c(OCCC)c1. The topological polar surface area (TPSA) is 35.5 Å². The Morgan fingerprint density at radius 3 is 2.56 bits per heavy atom. The van der Waals surface area contributed by atoms with E-state index >= 15 is 0 Å². The first-order chi connectivity index (χ1) is 8.67. The van der Waals surface area contributed by atoms with Gasteiger partial charge in [-0.25, -0.2) is 0 Å². The van der Waals surface area contributed by atoms with Gasteiger partial charge in [0.25, 0.3) is 0 Å². The van der Waals surface area contributed by atoms with Crippen molar-refractivity contribution in [2.75, 3.05) is 6.61 Å². The minimum absolute atomic E-state index is 0.322. The molecule has 0 saturated heterocycles. The van der Waals surface area contributed by atoms with Gasteiger partial charge in [-0.05, 0) is 37.0 Å². The lowest BCUT2D eigenvalue weighted by molar-refractivity contribution is -0.132. The van der Waals surface area contributed by atoms with Gasteiger partial charge in [0.05, 0.1) is 6.61 Å². The van der Waals surface area contributed by atoms with Crippen molar-refractivity contribution in [1.29, 1.82) is 0 Å². The van der Waals surface area contributed by atoms with Crippen molar-refractivity contribution in [3.63, 3.8) is 0 Å². The second-order valence-corrected chi connectivity index (χ2v) is 4.33. The van der Waals surface area contributed by atoms with Gasteiger partial charge in [-0.3, -0.25) is 4.79 Å². The normalized spacial score (nSPS) is 10.2. The number of rotatable bonds is 7. The Bertz CT molecular complexity index is 385. The summed E-state index contributed by atoms with van der Waals surface area (Å²) in [5.41, 5.74) is 1.22. The summed E-state index contributed by atoms with van der Waals surface area (Å²) in [6.45, 7) is 6.24. The Hall–Kier alpha value is -1.51. The van der Waals surface area contributed by atoms with Crippen LogP contribution < -0.4 is 9.47 Å². The van der Waals surface area contributed by atoms with E-state index in [4.69, 9.17) is 9.47 Å². The highest BCUT2D eigenvalue weighted by molar-refractivity contribution is 5.70. The molecule has 3 heteroatoms. The Morgan fingerprint density at radius 1 is 1.17 bits per heavy atom. The number of unbranched alkanes of at least 4 members (excludes halogenated alkanes) is 1. The molecule has 0 N–H and O–H groups in total. The second kappa shape index (κ2) is 7.75. The predicted octanol–water partition coefficient (Wildman–Crippen LogP) is 3.74. The Morgan fingerprint density at radius 2 is 1.94 bits per heavy atom. The number of aryl methyl sites for hydroxylation is 1. The number of benzene rings is 1. The minimum Gasteiger partial charge on any atom is -0.490 e. The Balaban J connectivity index is 2.84. The van der Waals surface area contributed by atoms with Gasteiger partial charge in [0.15, 0.2) is 11.5 Å². The molecular formula is C15H22O3. The quantitative estimate of drug-likeness (QED) is 0.546. The van der Waals surface area contributed by atoms with Gasteiger partial charge in [0.1, 0.15) is 0 Å². The number of carbonyl (C=O) groups is 1. The van der Waals surface area contributed by atoms with E-state index in [0.29, 0.717) is 18.1 Å². The van der Waals surface area contributed by atoms with Crippen LogP contribution in [0.3, 0.4) is 0 Å². The van der Waals surface area contributed by atoms with Crippen molar-refractivity contribution in [3.8, 4) is 11.5 Å². The van der Waals surface area contributed by atoms with E-state index < -0.39 is 0 Å². The van der Waals surface area contributed by atoms with Crippen LogP contribution in [0.4, 0.5) is 0 Å². The number of carbonyl (C=O) groups excluding carboxylic acids is 1. The summed E-state index contributed by atoms with van der Waals surface area (Å²) in [6.07, 6.45) is 4.27. The number of ether oxygens (including phenoxy) is 2. The van der Waals surface area contributed by atoms with Crippen LogP contribution in [0.1, 0.15) is 45.6 Å². The summed E-state index contributed by atoms with van der Waals surface area (Å²) in [7, 11) is 0. The fourth-order valence-electron chi connectivity index (χ4n) is 1.65. The van der Waals surface area contributed by atoms with Crippen molar-refractivity contribution < 1.29 is 14.3 Å². The first kappa shape index (κ1) is 14.6. The van der Waals surface area contributed by atoms with E-state index in [9.17, 15) is 4.79 Å². The summed E-state index contributed by atoms with van der Waals surface area (Å²) < 4.78 is 10.8. The molecule has 0 bridgehead atoms. The molecule has 3 nitrogen and oxygen atoms in total. The lowest BCUT2D eigenvalue weighted by atomic mass is 10.1. The second-order valence-electron chi connectivity index (χ2n) is 4.33. The van der Waals surface area contributed by atoms with Gasteiger partial charge in [0, 0.05) is 6.92 Å². The fourth-order valence-corrected chi connectivity index (χ4v) is 1.65. The first-order valence-electron chi connectivity index (χ1n) is 6.61. The molecular weight excluding hydrogens is 228 g/mol.